The molecule has 1 N–H and O–H groups in total. The maximum Gasteiger partial charge on any atom is 0.411 e. The van der Waals surface area contributed by atoms with Gasteiger partial charge in [0.15, 0.2) is 0 Å². The highest BCUT2D eigenvalue weighted by Gasteiger charge is 2.08. The lowest BCUT2D eigenvalue weighted by Crippen LogP contribution is -2.10. The van der Waals surface area contributed by atoms with Crippen LogP contribution >= 0.6 is 11.3 Å². The van der Waals surface area contributed by atoms with Crippen LogP contribution in [0.2, 0.25) is 0 Å². The fourth-order valence-corrected chi connectivity index (χ4v) is 2.45. The number of hydrogen-bond acceptors (Lipinski definition) is 6. The first-order valence-electron chi connectivity index (χ1n) is 6.20. The first-order valence-corrected chi connectivity index (χ1v) is 7.02. The Kier molecular flexibility index (Phi) is 4.99. The normalized spacial score (nSPS) is 10.0. The summed E-state index contributed by atoms with van der Waals surface area (Å²) in [5.41, 5.74) is 0.640. The van der Waals surface area contributed by atoms with Gasteiger partial charge in [-0.3, -0.25) is 5.32 Å². The summed E-state index contributed by atoms with van der Waals surface area (Å²) in [5.74, 6) is 1.33. The van der Waals surface area contributed by atoms with Gasteiger partial charge in [0, 0.05) is 5.69 Å². The third-order valence-electron chi connectivity index (χ3n) is 2.64. The topological polar surface area (TPSA) is 69.7 Å². The van der Waals surface area contributed by atoms with Crippen LogP contribution < -0.4 is 14.8 Å². The van der Waals surface area contributed by atoms with Crippen LogP contribution in [0.5, 0.6) is 11.6 Å². The van der Waals surface area contributed by atoms with Crippen LogP contribution in [0.25, 0.3) is 0 Å². The highest BCUT2D eigenvalue weighted by atomic mass is 32.1. The molecule has 0 fully saturated rings. The molecule has 2 rings (SSSR count). The van der Waals surface area contributed by atoms with Crippen molar-refractivity contribution in [3.05, 3.63) is 34.2 Å². The minimum absolute atomic E-state index is 0.374. The monoisotopic (exact) mass is 308 g/mol. The number of rotatable bonds is 5. The van der Waals surface area contributed by atoms with Gasteiger partial charge >= 0.3 is 6.09 Å². The molecule has 7 heteroatoms. The summed E-state index contributed by atoms with van der Waals surface area (Å²) in [6.07, 6.45) is -0.506. The van der Waals surface area contributed by atoms with Crippen molar-refractivity contribution in [3.63, 3.8) is 0 Å². The minimum atomic E-state index is -0.506. The molecule has 1 aromatic heterocycles. The largest absolute Gasteiger partial charge is 0.486 e. The molecule has 1 amide bonds. The number of hydrogen-bond donors (Lipinski definition) is 1. The Morgan fingerprint density at radius 2 is 2.00 bits per heavy atom. The van der Waals surface area contributed by atoms with Crippen LogP contribution in [-0.4, -0.2) is 25.3 Å². The zero-order valence-corrected chi connectivity index (χ0v) is 12.8. The Hall–Kier alpha value is -2.28. The number of aryl methyl sites for hydroxylation is 1. The standard InChI is InChI=1S/C14H16N2O4S/c1-9-13(18-2)16-12(21-9)8-20-11-6-4-10(5-7-11)15-14(17)19-3/h4-7H,8H2,1-3H3,(H,15,17). The van der Waals surface area contributed by atoms with E-state index in [0.717, 1.165) is 9.88 Å². The molecule has 1 aromatic carbocycles. The number of benzene rings is 1. The highest BCUT2D eigenvalue weighted by Crippen LogP contribution is 2.25. The van der Waals surface area contributed by atoms with Crippen molar-refractivity contribution < 1.29 is 19.0 Å². The number of thiazole rings is 1. The summed E-state index contributed by atoms with van der Waals surface area (Å²) in [7, 11) is 2.91. The summed E-state index contributed by atoms with van der Waals surface area (Å²) < 4.78 is 15.3. The van der Waals surface area contributed by atoms with Gasteiger partial charge in [-0.1, -0.05) is 0 Å². The molecule has 0 aliphatic rings. The molecule has 0 saturated carbocycles. The van der Waals surface area contributed by atoms with E-state index in [0.29, 0.717) is 23.9 Å². The smallest absolute Gasteiger partial charge is 0.411 e. The number of amides is 1. The first kappa shape index (κ1) is 15.1. The maximum atomic E-state index is 11.1. The molecule has 2 aromatic rings. The zero-order valence-electron chi connectivity index (χ0n) is 12.0. The van der Waals surface area contributed by atoms with Gasteiger partial charge in [-0.15, -0.1) is 11.3 Å². The summed E-state index contributed by atoms with van der Waals surface area (Å²) in [5, 5.41) is 3.42. The molecule has 0 bridgehead atoms. The number of anilines is 1. The predicted octanol–water partition coefficient (Wildman–Crippen LogP) is 3.22. The van der Waals surface area contributed by atoms with Crippen LogP contribution in [-0.2, 0) is 11.3 Å². The van der Waals surface area contributed by atoms with E-state index >= 15 is 0 Å². The van der Waals surface area contributed by atoms with E-state index in [1.807, 2.05) is 6.92 Å². The third-order valence-corrected chi connectivity index (χ3v) is 3.57. The highest BCUT2D eigenvalue weighted by molar-refractivity contribution is 7.11. The molecular weight excluding hydrogens is 292 g/mol. The number of carbonyl (C=O) groups excluding carboxylic acids is 1. The lowest BCUT2D eigenvalue weighted by Gasteiger charge is -2.06. The van der Waals surface area contributed by atoms with E-state index in [-0.39, 0.29) is 0 Å². The fourth-order valence-electron chi connectivity index (χ4n) is 1.63. The quantitative estimate of drug-likeness (QED) is 0.918. The summed E-state index contributed by atoms with van der Waals surface area (Å²) in [4.78, 5) is 16.4. The summed E-state index contributed by atoms with van der Waals surface area (Å²) >= 11 is 1.54. The molecule has 0 unspecified atom stereocenters. The predicted molar refractivity (Wildman–Crippen MR) is 80.2 cm³/mol. The van der Waals surface area contributed by atoms with Crippen molar-refractivity contribution in [2.45, 2.75) is 13.5 Å². The zero-order chi connectivity index (χ0) is 15.2. The van der Waals surface area contributed by atoms with Gasteiger partial charge in [-0.05, 0) is 31.2 Å². The number of nitrogens with one attached hydrogen (secondary N) is 1. The molecule has 0 radical (unpaired) electrons. The summed E-state index contributed by atoms with van der Waals surface area (Å²) in [6, 6.07) is 7.01. The van der Waals surface area contributed by atoms with Crippen LogP contribution in [0.1, 0.15) is 9.88 Å². The van der Waals surface area contributed by atoms with Gasteiger partial charge in [0.25, 0.3) is 0 Å². The van der Waals surface area contributed by atoms with Gasteiger partial charge in [0.1, 0.15) is 17.4 Å². The summed E-state index contributed by atoms with van der Waals surface area (Å²) in [6.45, 7) is 2.33. The number of nitrogens with zero attached hydrogens (tertiary/aromatic N) is 1. The van der Waals surface area contributed by atoms with Crippen molar-refractivity contribution in [1.82, 2.24) is 4.98 Å². The number of aromatic nitrogens is 1. The Morgan fingerprint density at radius 1 is 1.29 bits per heavy atom. The van der Waals surface area contributed by atoms with E-state index in [9.17, 15) is 4.79 Å². The average molecular weight is 308 g/mol. The number of methoxy groups -OCH3 is 2. The van der Waals surface area contributed by atoms with Gasteiger partial charge in [-0.25, -0.2) is 9.78 Å². The molecular formula is C14H16N2O4S. The van der Waals surface area contributed by atoms with Crippen LogP contribution in [0.15, 0.2) is 24.3 Å². The minimum Gasteiger partial charge on any atom is -0.486 e. The average Bonchev–Trinajstić information content (AvgIpc) is 2.86. The number of ether oxygens (including phenoxy) is 3. The van der Waals surface area contributed by atoms with Gasteiger partial charge in [0.05, 0.1) is 19.1 Å². The van der Waals surface area contributed by atoms with Crippen LogP contribution in [0.3, 0.4) is 0 Å². The molecule has 6 nitrogen and oxygen atoms in total. The van der Waals surface area contributed by atoms with Gasteiger partial charge in [-0.2, -0.15) is 0 Å². The number of carbonyl (C=O) groups is 1. The molecule has 21 heavy (non-hydrogen) atoms. The van der Waals surface area contributed by atoms with Crippen molar-refractivity contribution in [3.8, 4) is 11.6 Å². The van der Waals surface area contributed by atoms with E-state index < -0.39 is 6.09 Å². The molecule has 1 heterocycles. The van der Waals surface area contributed by atoms with Crippen molar-refractivity contribution >= 4 is 23.1 Å². The Morgan fingerprint density at radius 3 is 2.57 bits per heavy atom. The van der Waals surface area contributed by atoms with Crippen LogP contribution in [0.4, 0.5) is 10.5 Å². The first-order chi connectivity index (χ1) is 10.1. The van der Waals surface area contributed by atoms with Gasteiger partial charge < -0.3 is 14.2 Å². The fraction of sp³-hybridized carbons (Fsp3) is 0.286. The van der Waals surface area contributed by atoms with Crippen LogP contribution in [0, 0.1) is 6.92 Å². The Labute approximate surface area is 126 Å². The van der Waals surface area contributed by atoms with Crippen molar-refractivity contribution in [2.75, 3.05) is 19.5 Å². The van der Waals surface area contributed by atoms with E-state index in [4.69, 9.17) is 9.47 Å². The van der Waals surface area contributed by atoms with Gasteiger partial charge in [0.2, 0.25) is 5.88 Å². The maximum absolute atomic E-state index is 11.1. The Balaban J connectivity index is 1.92. The van der Waals surface area contributed by atoms with Crippen molar-refractivity contribution in [1.29, 1.82) is 0 Å². The SMILES string of the molecule is COC(=O)Nc1ccc(OCc2nc(OC)c(C)s2)cc1. The van der Waals surface area contributed by atoms with E-state index in [2.05, 4.69) is 15.0 Å². The lowest BCUT2D eigenvalue weighted by atomic mass is 10.3. The van der Waals surface area contributed by atoms with E-state index in [1.165, 1.54) is 18.4 Å². The molecule has 0 atom stereocenters. The second-order valence-electron chi connectivity index (χ2n) is 4.10. The third kappa shape index (κ3) is 4.09. The Bertz CT molecular complexity index is 610. The lowest BCUT2D eigenvalue weighted by molar-refractivity contribution is 0.187. The molecule has 0 aliphatic heterocycles. The van der Waals surface area contributed by atoms with Crippen molar-refractivity contribution in [2.24, 2.45) is 0 Å². The molecule has 0 aliphatic carbocycles. The molecule has 112 valence electrons. The second kappa shape index (κ2) is 6.94. The molecule has 0 spiro atoms. The molecule has 0 saturated heterocycles. The second-order valence-corrected chi connectivity index (χ2v) is 5.39. The van der Waals surface area contributed by atoms with E-state index in [1.54, 1.807) is 31.4 Å².